The Morgan fingerprint density at radius 1 is 0.541 bits per heavy atom. The SMILES string of the molecule is CCOCCC[Si](O[Si](C)(C)CCOC(C)=O)(O[Si](C)(C)CCOC(C)=O)O[Si](C)(C)CCOC(C)=O. The van der Waals surface area contributed by atoms with Gasteiger partial charge in [-0.15, -0.1) is 0 Å². The molecule has 0 aliphatic rings. The molecule has 0 amide bonds. The van der Waals surface area contributed by atoms with E-state index in [0.29, 0.717) is 43.8 Å². The molecule has 0 aromatic carbocycles. The van der Waals surface area contributed by atoms with Gasteiger partial charge in [0.25, 0.3) is 0 Å². The van der Waals surface area contributed by atoms with Crippen molar-refractivity contribution in [3.63, 3.8) is 0 Å². The summed E-state index contributed by atoms with van der Waals surface area (Å²) in [5, 5.41) is 0. The standard InChI is InChI=1S/C23H50O10Si4/c1-11-27-13-12-17-37(31-34(5,6)18-14-28-21(2)24,32-35(7,8)19-15-29-22(3)25)33-36(9,10)20-16-30-23(4)26/h11-20H2,1-10H3. The van der Waals surface area contributed by atoms with E-state index in [1.165, 1.54) is 20.8 Å². The molecule has 0 bridgehead atoms. The predicted molar refractivity (Wildman–Crippen MR) is 152 cm³/mol. The van der Waals surface area contributed by atoms with Crippen LogP contribution in [0.15, 0.2) is 0 Å². The Labute approximate surface area is 227 Å². The third kappa shape index (κ3) is 18.9. The minimum atomic E-state index is -3.30. The van der Waals surface area contributed by atoms with E-state index in [-0.39, 0.29) is 37.7 Å². The second kappa shape index (κ2) is 16.9. The number of ether oxygens (including phenoxy) is 4. The van der Waals surface area contributed by atoms with Crippen LogP contribution in [0.5, 0.6) is 0 Å². The van der Waals surface area contributed by atoms with E-state index < -0.39 is 33.8 Å². The summed E-state index contributed by atoms with van der Waals surface area (Å²) in [6.07, 6.45) is 0.706. The molecule has 0 aromatic heterocycles. The number of esters is 3. The van der Waals surface area contributed by atoms with E-state index >= 15 is 0 Å². The third-order valence-corrected chi connectivity index (χ3v) is 20.9. The Morgan fingerprint density at radius 3 is 1.14 bits per heavy atom. The monoisotopic (exact) mass is 598 g/mol. The van der Waals surface area contributed by atoms with Gasteiger partial charge in [-0.2, -0.15) is 0 Å². The molecule has 0 atom stereocenters. The highest BCUT2D eigenvalue weighted by Gasteiger charge is 2.52. The molecule has 10 nitrogen and oxygen atoms in total. The van der Waals surface area contributed by atoms with Crippen molar-refractivity contribution >= 4 is 51.7 Å². The molecule has 218 valence electrons. The fourth-order valence-corrected chi connectivity index (χ4v) is 20.0. The topological polar surface area (TPSA) is 116 Å². The molecule has 0 unspecified atom stereocenters. The number of hydrogen-bond donors (Lipinski definition) is 0. The molecule has 0 rings (SSSR count). The summed E-state index contributed by atoms with van der Waals surface area (Å²) in [5.74, 6) is -0.971. The lowest BCUT2D eigenvalue weighted by Crippen LogP contribution is -2.62. The Balaban J connectivity index is 6.08. The van der Waals surface area contributed by atoms with E-state index in [2.05, 4.69) is 39.3 Å². The first-order chi connectivity index (χ1) is 16.9. The Kier molecular flexibility index (Phi) is 16.5. The molecule has 0 aliphatic carbocycles. The molecule has 0 spiro atoms. The van der Waals surface area contributed by atoms with Crippen LogP contribution in [0.1, 0.15) is 34.1 Å². The van der Waals surface area contributed by atoms with Crippen LogP contribution in [-0.4, -0.2) is 84.7 Å². The molecule has 0 heterocycles. The Bertz CT molecular complexity index is 632. The maximum atomic E-state index is 11.3. The molecular formula is C23H50O10Si4. The molecule has 0 aromatic rings. The van der Waals surface area contributed by atoms with Crippen molar-refractivity contribution in [3.8, 4) is 0 Å². The predicted octanol–water partition coefficient (Wildman–Crippen LogP) is 4.71. The van der Waals surface area contributed by atoms with Gasteiger partial charge >= 0.3 is 26.7 Å². The number of carbonyl (C=O) groups excluding carboxylic acids is 3. The average molecular weight is 599 g/mol. The maximum Gasteiger partial charge on any atom is 0.469 e. The lowest BCUT2D eigenvalue weighted by molar-refractivity contribution is -0.141. The summed E-state index contributed by atoms with van der Waals surface area (Å²) < 4.78 is 42.1. The van der Waals surface area contributed by atoms with Crippen molar-refractivity contribution in [2.45, 2.75) is 97.6 Å². The van der Waals surface area contributed by atoms with Gasteiger partial charge in [-0.1, -0.05) is 0 Å². The fraction of sp³-hybridized carbons (Fsp3) is 0.870. The van der Waals surface area contributed by atoms with Crippen molar-refractivity contribution in [2.75, 3.05) is 33.0 Å². The average Bonchev–Trinajstić information content (AvgIpc) is 2.68. The highest BCUT2D eigenvalue weighted by Crippen LogP contribution is 2.33. The molecule has 0 radical (unpaired) electrons. The molecule has 0 aliphatic heterocycles. The maximum absolute atomic E-state index is 11.3. The van der Waals surface area contributed by atoms with Crippen LogP contribution in [0, 0.1) is 0 Å². The zero-order valence-corrected chi connectivity index (χ0v) is 28.7. The van der Waals surface area contributed by atoms with Crippen molar-refractivity contribution in [2.24, 2.45) is 0 Å². The molecular weight excluding hydrogens is 549 g/mol. The van der Waals surface area contributed by atoms with Gasteiger partial charge in [-0.25, -0.2) is 0 Å². The summed E-state index contributed by atoms with van der Waals surface area (Å²) >= 11 is 0. The van der Waals surface area contributed by atoms with E-state index in [9.17, 15) is 14.4 Å². The van der Waals surface area contributed by atoms with Crippen LogP contribution in [0.2, 0.25) is 63.5 Å². The van der Waals surface area contributed by atoms with Crippen LogP contribution >= 0.6 is 0 Å². The Morgan fingerprint density at radius 2 is 0.865 bits per heavy atom. The zero-order valence-electron chi connectivity index (χ0n) is 24.7. The van der Waals surface area contributed by atoms with Gasteiger partial charge in [0.1, 0.15) is 0 Å². The first kappa shape index (κ1) is 36.1. The largest absolute Gasteiger partial charge is 0.469 e. The van der Waals surface area contributed by atoms with Crippen LogP contribution in [0.3, 0.4) is 0 Å². The van der Waals surface area contributed by atoms with E-state index in [4.69, 9.17) is 31.3 Å². The quantitative estimate of drug-likeness (QED) is 0.0844. The molecule has 0 N–H and O–H groups in total. The van der Waals surface area contributed by atoms with Crippen LogP contribution in [0.25, 0.3) is 0 Å². The molecule has 37 heavy (non-hydrogen) atoms. The number of rotatable bonds is 20. The molecule has 0 fully saturated rings. The van der Waals surface area contributed by atoms with Crippen LogP contribution < -0.4 is 0 Å². The van der Waals surface area contributed by atoms with Gasteiger partial charge in [0.2, 0.25) is 0 Å². The van der Waals surface area contributed by atoms with Crippen molar-refractivity contribution in [1.29, 1.82) is 0 Å². The van der Waals surface area contributed by atoms with Crippen molar-refractivity contribution < 1.29 is 45.7 Å². The summed E-state index contributed by atoms with van der Waals surface area (Å²) in [5.41, 5.74) is 0. The molecule has 0 saturated heterocycles. The van der Waals surface area contributed by atoms with Gasteiger partial charge in [0.05, 0.1) is 19.8 Å². The van der Waals surface area contributed by atoms with Crippen LogP contribution in [0.4, 0.5) is 0 Å². The van der Waals surface area contributed by atoms with E-state index in [1.54, 1.807) is 0 Å². The first-order valence-corrected chi connectivity index (χ1v) is 24.3. The summed E-state index contributed by atoms with van der Waals surface area (Å²) in [6, 6.07) is 2.38. The second-order valence-corrected chi connectivity index (χ2v) is 27.2. The Hall–Kier alpha value is -0.882. The van der Waals surface area contributed by atoms with Crippen LogP contribution in [-0.2, 0) is 45.7 Å². The fourth-order valence-electron chi connectivity index (χ4n) is 3.49. The van der Waals surface area contributed by atoms with Crippen molar-refractivity contribution in [3.05, 3.63) is 0 Å². The minimum absolute atomic E-state index is 0.276. The highest BCUT2D eigenvalue weighted by molar-refractivity contribution is 6.90. The zero-order chi connectivity index (χ0) is 28.8. The van der Waals surface area contributed by atoms with Gasteiger partial charge < -0.3 is 31.3 Å². The third-order valence-electron chi connectivity index (χ3n) is 5.30. The molecule has 0 saturated carbocycles. The minimum Gasteiger partial charge on any atom is -0.466 e. The van der Waals surface area contributed by atoms with Gasteiger partial charge in [0, 0.05) is 40.0 Å². The smallest absolute Gasteiger partial charge is 0.466 e. The number of hydrogen-bond acceptors (Lipinski definition) is 10. The van der Waals surface area contributed by atoms with E-state index in [1.807, 2.05) is 6.92 Å². The van der Waals surface area contributed by atoms with Crippen molar-refractivity contribution in [1.82, 2.24) is 0 Å². The number of carbonyl (C=O) groups is 3. The molecule has 14 heteroatoms. The van der Waals surface area contributed by atoms with Gasteiger partial charge in [-0.05, 0) is 70.8 Å². The van der Waals surface area contributed by atoms with Gasteiger partial charge in [-0.3, -0.25) is 14.4 Å². The van der Waals surface area contributed by atoms with Gasteiger partial charge in [0.15, 0.2) is 25.0 Å². The highest BCUT2D eigenvalue weighted by atomic mass is 28.5. The summed E-state index contributed by atoms with van der Waals surface area (Å²) in [7, 11) is -10.5. The summed E-state index contributed by atoms with van der Waals surface area (Å²) in [4.78, 5) is 34.0. The second-order valence-electron chi connectivity index (χ2n) is 10.8. The normalized spacial score (nSPS) is 12.8. The summed E-state index contributed by atoms with van der Waals surface area (Å²) in [6.45, 7) is 20.6. The lowest BCUT2D eigenvalue weighted by Gasteiger charge is -2.45. The van der Waals surface area contributed by atoms with E-state index in [0.717, 1.165) is 0 Å². The lowest BCUT2D eigenvalue weighted by atomic mass is 10.5. The first-order valence-electron chi connectivity index (χ1n) is 13.0.